The Hall–Kier alpha value is -3.52. The summed E-state index contributed by atoms with van der Waals surface area (Å²) in [5.41, 5.74) is 3.54. The van der Waals surface area contributed by atoms with E-state index >= 15 is 0 Å². The van der Waals surface area contributed by atoms with Gasteiger partial charge in [-0.15, -0.1) is 0 Å². The van der Waals surface area contributed by atoms with Crippen molar-refractivity contribution in [2.45, 2.75) is 56.6 Å². The first-order chi connectivity index (χ1) is 18.6. The van der Waals surface area contributed by atoms with Crippen LogP contribution in [-0.4, -0.2) is 65.2 Å². The molecule has 0 aromatic heterocycles. The summed E-state index contributed by atoms with van der Waals surface area (Å²) in [4.78, 5) is 27.7. The van der Waals surface area contributed by atoms with Crippen molar-refractivity contribution in [2.75, 3.05) is 14.2 Å². The van der Waals surface area contributed by atoms with Crippen LogP contribution in [0.4, 0.5) is 0 Å². The molecule has 7 heteroatoms. The molecule has 3 aromatic rings. The van der Waals surface area contributed by atoms with Gasteiger partial charge in [-0.2, -0.15) is 0 Å². The van der Waals surface area contributed by atoms with Gasteiger partial charge in [0.05, 0.1) is 39.1 Å². The van der Waals surface area contributed by atoms with E-state index in [-0.39, 0.29) is 48.9 Å². The Labute approximate surface area is 224 Å². The summed E-state index contributed by atoms with van der Waals surface area (Å²) in [5.74, 6) is -0.488. The first kappa shape index (κ1) is 26.1. The lowest BCUT2D eigenvalue weighted by atomic mass is 9.91. The molecule has 0 bridgehead atoms. The molecule has 38 heavy (non-hydrogen) atoms. The quantitative estimate of drug-likeness (QED) is 0.379. The predicted molar refractivity (Wildman–Crippen MR) is 144 cm³/mol. The lowest BCUT2D eigenvalue weighted by Gasteiger charge is -2.57. The van der Waals surface area contributed by atoms with Gasteiger partial charge in [0.1, 0.15) is 0 Å². The van der Waals surface area contributed by atoms with E-state index in [0.717, 1.165) is 18.7 Å². The number of likely N-dealkylation sites (tertiary alicyclic amines) is 1. The molecular weight excluding hydrogens is 478 g/mol. The van der Waals surface area contributed by atoms with Crippen LogP contribution in [-0.2, 0) is 38.7 Å². The number of rotatable bonds is 10. The number of fused-ring (bicyclic) bond motifs is 1. The largest absolute Gasteiger partial charge is 0.469 e. The SMILES string of the molecule is COC(=O)C[C@@H]1[C@H]2[C@@H]([C@H](CC(=O)OC)N1Cc1ccccc1)N(Cc1ccccc1)N2Cc1ccccc1. The molecule has 3 aromatic carbocycles. The fourth-order valence-corrected chi connectivity index (χ4v) is 6.06. The molecule has 0 spiro atoms. The second-order valence-corrected chi connectivity index (χ2v) is 10.0. The number of esters is 2. The molecule has 2 fully saturated rings. The Morgan fingerprint density at radius 1 is 0.579 bits per heavy atom. The van der Waals surface area contributed by atoms with Crippen LogP contribution in [0.2, 0.25) is 0 Å². The third-order valence-corrected chi connectivity index (χ3v) is 7.80. The van der Waals surface area contributed by atoms with Crippen molar-refractivity contribution in [2.24, 2.45) is 0 Å². The third-order valence-electron chi connectivity index (χ3n) is 7.80. The van der Waals surface area contributed by atoms with Gasteiger partial charge in [-0.1, -0.05) is 91.0 Å². The van der Waals surface area contributed by atoms with E-state index in [9.17, 15) is 9.59 Å². The molecule has 0 aliphatic carbocycles. The summed E-state index contributed by atoms with van der Waals surface area (Å²) < 4.78 is 10.3. The average Bonchev–Trinajstić information content (AvgIpc) is 3.20. The molecule has 2 aliphatic rings. The second kappa shape index (κ2) is 11.9. The first-order valence-corrected chi connectivity index (χ1v) is 13.1. The normalized spacial score (nSPS) is 23.4. The molecule has 0 N–H and O–H groups in total. The van der Waals surface area contributed by atoms with E-state index in [1.807, 2.05) is 30.3 Å². The number of nitrogens with zero attached hydrogens (tertiary/aromatic N) is 3. The number of carbonyl (C=O) groups excluding carboxylic acids is 2. The predicted octanol–water partition coefficient (Wildman–Crippen LogP) is 4.04. The van der Waals surface area contributed by atoms with Crippen molar-refractivity contribution < 1.29 is 19.1 Å². The minimum absolute atomic E-state index is 0.0522. The Kier molecular flexibility index (Phi) is 8.17. The number of hydrazine groups is 1. The van der Waals surface area contributed by atoms with Crippen LogP contribution in [0, 0.1) is 0 Å². The molecule has 5 rings (SSSR count). The van der Waals surface area contributed by atoms with Crippen molar-refractivity contribution in [3.05, 3.63) is 108 Å². The zero-order chi connectivity index (χ0) is 26.5. The summed E-state index contributed by atoms with van der Waals surface area (Å²) in [7, 11) is 2.87. The fraction of sp³-hybridized carbons (Fsp3) is 0.355. The molecule has 7 nitrogen and oxygen atoms in total. The minimum Gasteiger partial charge on any atom is -0.469 e. The maximum Gasteiger partial charge on any atom is 0.307 e. The Bertz CT molecular complexity index is 1130. The topological polar surface area (TPSA) is 62.3 Å². The maximum absolute atomic E-state index is 12.7. The Morgan fingerprint density at radius 3 is 1.26 bits per heavy atom. The summed E-state index contributed by atoms with van der Waals surface area (Å²) >= 11 is 0. The number of hydrogen-bond donors (Lipinski definition) is 0. The van der Waals surface area contributed by atoms with Crippen LogP contribution in [0.25, 0.3) is 0 Å². The van der Waals surface area contributed by atoms with Gasteiger partial charge in [-0.3, -0.25) is 14.5 Å². The standard InChI is InChI=1S/C31H35N3O4/c1-37-28(35)18-26-30-31(27(19-29(36)38-2)32(26)20-23-12-6-3-7-13-23)34(22-25-16-10-5-11-17-25)33(30)21-24-14-8-4-9-15-24/h3-17,26-27,30-31H,18-22H2,1-2H3/t26-,27+,30+,31-. The summed E-state index contributed by atoms with van der Waals surface area (Å²) in [6.45, 7) is 2.07. The highest BCUT2D eigenvalue weighted by atomic mass is 16.5. The van der Waals surface area contributed by atoms with Crippen molar-refractivity contribution in [3.8, 4) is 0 Å². The van der Waals surface area contributed by atoms with Gasteiger partial charge in [0.25, 0.3) is 0 Å². The number of benzene rings is 3. The van der Waals surface area contributed by atoms with Gasteiger partial charge in [0, 0.05) is 31.7 Å². The maximum atomic E-state index is 12.7. The highest BCUT2D eigenvalue weighted by molar-refractivity contribution is 5.71. The number of methoxy groups -OCH3 is 2. The van der Waals surface area contributed by atoms with E-state index in [1.54, 1.807) is 0 Å². The van der Waals surface area contributed by atoms with E-state index in [0.29, 0.717) is 6.54 Å². The average molecular weight is 514 g/mol. The monoisotopic (exact) mass is 513 g/mol. The van der Waals surface area contributed by atoms with Crippen LogP contribution < -0.4 is 0 Å². The van der Waals surface area contributed by atoms with Crippen LogP contribution in [0.3, 0.4) is 0 Å². The number of hydrogen-bond acceptors (Lipinski definition) is 7. The second-order valence-electron chi connectivity index (χ2n) is 10.0. The van der Waals surface area contributed by atoms with Gasteiger partial charge >= 0.3 is 11.9 Å². The van der Waals surface area contributed by atoms with Crippen molar-refractivity contribution in [1.29, 1.82) is 0 Å². The van der Waals surface area contributed by atoms with Gasteiger partial charge in [0.2, 0.25) is 0 Å². The molecule has 0 radical (unpaired) electrons. The van der Waals surface area contributed by atoms with Crippen LogP contribution in [0.1, 0.15) is 29.5 Å². The van der Waals surface area contributed by atoms with Gasteiger partial charge < -0.3 is 9.47 Å². The smallest absolute Gasteiger partial charge is 0.307 e. The summed E-state index contributed by atoms with van der Waals surface area (Å²) in [6.07, 6.45) is 0.513. The zero-order valence-corrected chi connectivity index (χ0v) is 22.0. The highest BCUT2D eigenvalue weighted by Gasteiger charge is 2.62. The molecular formula is C31H35N3O4. The van der Waals surface area contributed by atoms with Crippen molar-refractivity contribution in [1.82, 2.24) is 14.9 Å². The molecule has 2 aliphatic heterocycles. The summed E-state index contributed by atoms with van der Waals surface area (Å²) in [5, 5.41) is 4.77. The van der Waals surface area contributed by atoms with Crippen LogP contribution >= 0.6 is 0 Å². The number of ether oxygens (including phenoxy) is 2. The summed E-state index contributed by atoms with van der Waals surface area (Å²) in [6, 6.07) is 30.9. The number of carbonyl (C=O) groups is 2. The fourth-order valence-electron chi connectivity index (χ4n) is 6.06. The van der Waals surface area contributed by atoms with Gasteiger partial charge in [-0.05, 0) is 16.7 Å². The lowest BCUT2D eigenvalue weighted by Crippen LogP contribution is -2.72. The van der Waals surface area contributed by atoms with Crippen molar-refractivity contribution >= 4 is 11.9 Å². The van der Waals surface area contributed by atoms with E-state index in [1.165, 1.54) is 25.3 Å². The molecule has 4 atom stereocenters. The lowest BCUT2D eigenvalue weighted by molar-refractivity contribution is -0.219. The first-order valence-electron chi connectivity index (χ1n) is 13.1. The molecule has 198 valence electrons. The van der Waals surface area contributed by atoms with Crippen LogP contribution in [0.15, 0.2) is 91.0 Å². The van der Waals surface area contributed by atoms with E-state index in [2.05, 4.69) is 75.6 Å². The molecule has 2 heterocycles. The zero-order valence-electron chi connectivity index (χ0n) is 22.0. The third kappa shape index (κ3) is 5.50. The van der Waals surface area contributed by atoms with Crippen molar-refractivity contribution in [3.63, 3.8) is 0 Å². The highest BCUT2D eigenvalue weighted by Crippen LogP contribution is 2.46. The van der Waals surface area contributed by atoms with Gasteiger partial charge in [0.15, 0.2) is 0 Å². The molecule has 0 saturated carbocycles. The Balaban J connectivity index is 1.54. The van der Waals surface area contributed by atoms with E-state index < -0.39 is 0 Å². The molecule has 0 amide bonds. The molecule has 2 saturated heterocycles. The Morgan fingerprint density at radius 2 is 0.921 bits per heavy atom. The molecule has 0 unspecified atom stereocenters. The van der Waals surface area contributed by atoms with Gasteiger partial charge in [-0.25, -0.2) is 10.0 Å². The minimum atomic E-state index is -0.244. The van der Waals surface area contributed by atoms with E-state index in [4.69, 9.17) is 9.47 Å². The van der Waals surface area contributed by atoms with Crippen LogP contribution in [0.5, 0.6) is 0 Å².